The van der Waals surface area contributed by atoms with Gasteiger partial charge in [0.15, 0.2) is 15.8 Å². The topological polar surface area (TPSA) is 166 Å². The molecule has 2 aromatic carbocycles. The zero-order valence-electron chi connectivity index (χ0n) is 19.3. The van der Waals surface area contributed by atoms with E-state index in [2.05, 4.69) is 0 Å². The summed E-state index contributed by atoms with van der Waals surface area (Å²) >= 11 is 6.44. The average molecular weight is 550 g/mol. The minimum Gasteiger partial charge on any atom is -0.493 e. The van der Waals surface area contributed by atoms with Gasteiger partial charge in [0.05, 0.1) is 29.9 Å². The molecule has 0 unspecified atom stereocenters. The number of hydrogen-bond acceptors (Lipinski definition) is 11. The van der Waals surface area contributed by atoms with E-state index in [1.54, 1.807) is 18.2 Å². The highest BCUT2D eigenvalue weighted by atomic mass is 32.2. The Morgan fingerprint density at radius 1 is 1.11 bits per heavy atom. The number of carbonyl (C=O) groups is 2. The number of carboxylic acid groups (broad SMARTS) is 1. The van der Waals surface area contributed by atoms with Crippen molar-refractivity contribution in [3.63, 3.8) is 0 Å². The van der Waals surface area contributed by atoms with E-state index in [9.17, 15) is 30.0 Å². The lowest BCUT2D eigenvalue weighted by atomic mass is 9.99. The third-order valence-electron chi connectivity index (χ3n) is 5.74. The minimum atomic E-state index is -1.59. The van der Waals surface area contributed by atoms with Crippen LogP contribution < -0.4 is 14.4 Å². The van der Waals surface area contributed by atoms with Crippen molar-refractivity contribution in [2.45, 2.75) is 30.7 Å². The van der Waals surface area contributed by atoms with E-state index in [1.807, 2.05) is 0 Å². The molecule has 2 aliphatic rings. The fourth-order valence-electron chi connectivity index (χ4n) is 3.76. The number of benzene rings is 2. The van der Waals surface area contributed by atoms with Gasteiger partial charge in [-0.25, -0.2) is 4.79 Å². The summed E-state index contributed by atoms with van der Waals surface area (Å²) in [6.45, 7) is -0.595. The first-order valence-electron chi connectivity index (χ1n) is 10.9. The minimum absolute atomic E-state index is 0.0860. The highest BCUT2D eigenvalue weighted by Crippen LogP contribution is 2.38. The lowest BCUT2D eigenvalue weighted by molar-refractivity contribution is -0.277. The first kappa shape index (κ1) is 27.0. The third kappa shape index (κ3) is 5.48. The smallest absolute Gasteiger partial charge is 0.335 e. The first-order valence-corrected chi connectivity index (χ1v) is 12.1. The van der Waals surface area contributed by atoms with Gasteiger partial charge in [0, 0.05) is 0 Å². The maximum absolute atomic E-state index is 13.0. The molecule has 196 valence electrons. The molecule has 2 aromatic rings. The fraction of sp³-hybridized carbons (Fsp3) is 0.292. The Balaban J connectivity index is 1.53. The highest BCUT2D eigenvalue weighted by molar-refractivity contribution is 8.27. The molecule has 4 rings (SSSR count). The number of aliphatic hydroxyl groups is 4. The molecule has 0 saturated carbocycles. The molecule has 2 saturated heterocycles. The summed E-state index contributed by atoms with van der Waals surface area (Å²) in [4.78, 5) is 25.8. The lowest BCUT2D eigenvalue weighted by Crippen LogP contribution is -2.60. The monoisotopic (exact) mass is 549 g/mol. The molecule has 5 N–H and O–H groups in total. The molecule has 5 atom stereocenters. The molecule has 0 aliphatic carbocycles. The van der Waals surface area contributed by atoms with E-state index in [0.29, 0.717) is 16.2 Å². The van der Waals surface area contributed by atoms with Crippen LogP contribution in [-0.4, -0.2) is 86.2 Å². The van der Waals surface area contributed by atoms with Gasteiger partial charge in [-0.2, -0.15) is 0 Å². The van der Waals surface area contributed by atoms with Crippen molar-refractivity contribution >= 4 is 51.9 Å². The third-order valence-corrected chi connectivity index (χ3v) is 7.05. The maximum Gasteiger partial charge on any atom is 0.335 e. The van der Waals surface area contributed by atoms with Crippen molar-refractivity contribution in [2.24, 2.45) is 0 Å². The number of methoxy groups -OCH3 is 1. The summed E-state index contributed by atoms with van der Waals surface area (Å²) in [5.41, 5.74) is 1.10. The molecule has 0 radical (unpaired) electrons. The molecule has 2 heterocycles. The SMILES string of the molecule is COc1cc(C=C2SC(=S)N(c3ccc(C(=O)O)cc3)C2=O)ccc1O[C@@H]1O[C@H](CO)[C@H](O)[C@H](O)[C@H]1O. The van der Waals surface area contributed by atoms with Gasteiger partial charge >= 0.3 is 5.97 Å². The van der Waals surface area contributed by atoms with Crippen LogP contribution >= 0.6 is 24.0 Å². The number of aliphatic hydroxyl groups excluding tert-OH is 4. The van der Waals surface area contributed by atoms with Crippen LogP contribution in [0, 0.1) is 0 Å². The van der Waals surface area contributed by atoms with Crippen molar-refractivity contribution < 1.29 is 49.3 Å². The second-order valence-electron chi connectivity index (χ2n) is 8.09. The molecule has 0 bridgehead atoms. The quantitative estimate of drug-likeness (QED) is 0.246. The van der Waals surface area contributed by atoms with Gasteiger partial charge in [-0.1, -0.05) is 30.0 Å². The molecule has 1 amide bonds. The summed E-state index contributed by atoms with van der Waals surface area (Å²) in [6, 6.07) is 10.5. The highest BCUT2D eigenvalue weighted by Gasteiger charge is 2.45. The van der Waals surface area contributed by atoms with Crippen molar-refractivity contribution in [2.75, 3.05) is 18.6 Å². The van der Waals surface area contributed by atoms with E-state index in [4.69, 9.17) is 31.5 Å². The van der Waals surface area contributed by atoms with Gasteiger partial charge in [-0.15, -0.1) is 0 Å². The summed E-state index contributed by atoms with van der Waals surface area (Å²) in [6.07, 6.45) is -5.62. The number of ether oxygens (including phenoxy) is 3. The van der Waals surface area contributed by atoms with Gasteiger partial charge in [0.1, 0.15) is 24.4 Å². The number of thioether (sulfide) groups is 1. The molecule has 37 heavy (non-hydrogen) atoms. The predicted molar refractivity (Wildman–Crippen MR) is 136 cm³/mol. The normalized spacial score (nSPS) is 27.0. The van der Waals surface area contributed by atoms with E-state index in [1.165, 1.54) is 42.3 Å². The number of carboxylic acids is 1. The summed E-state index contributed by atoms with van der Waals surface area (Å²) in [5.74, 6) is -1.08. The van der Waals surface area contributed by atoms with Crippen LogP contribution in [0.3, 0.4) is 0 Å². The van der Waals surface area contributed by atoms with Crippen molar-refractivity contribution in [1.29, 1.82) is 0 Å². The van der Waals surface area contributed by atoms with E-state index in [0.717, 1.165) is 11.8 Å². The summed E-state index contributed by atoms with van der Waals surface area (Å²) in [7, 11) is 1.39. The number of amides is 1. The largest absolute Gasteiger partial charge is 0.493 e. The van der Waals surface area contributed by atoms with Crippen LogP contribution in [0.1, 0.15) is 15.9 Å². The fourth-order valence-corrected chi connectivity index (χ4v) is 5.05. The zero-order valence-corrected chi connectivity index (χ0v) is 20.9. The Kier molecular flexibility index (Phi) is 8.14. The second-order valence-corrected chi connectivity index (χ2v) is 9.77. The van der Waals surface area contributed by atoms with Gasteiger partial charge < -0.3 is 39.7 Å². The van der Waals surface area contributed by atoms with Crippen LogP contribution in [0.25, 0.3) is 6.08 Å². The first-order chi connectivity index (χ1) is 17.6. The molecule has 2 aliphatic heterocycles. The Morgan fingerprint density at radius 3 is 2.43 bits per heavy atom. The Labute approximate surface area is 220 Å². The number of rotatable bonds is 7. The molecular weight excluding hydrogens is 526 g/mol. The number of thiocarbonyl (C=S) groups is 1. The molecule has 11 nitrogen and oxygen atoms in total. The number of carbonyl (C=O) groups excluding carboxylic acids is 1. The number of hydrogen-bond donors (Lipinski definition) is 5. The Hall–Kier alpha value is -3.04. The lowest BCUT2D eigenvalue weighted by Gasteiger charge is -2.39. The van der Waals surface area contributed by atoms with Gasteiger partial charge in [0.25, 0.3) is 5.91 Å². The summed E-state index contributed by atoms with van der Waals surface area (Å²) < 4.78 is 16.7. The van der Waals surface area contributed by atoms with Gasteiger partial charge in [-0.05, 0) is 48.0 Å². The maximum atomic E-state index is 13.0. The van der Waals surface area contributed by atoms with Crippen LogP contribution in [0.15, 0.2) is 47.4 Å². The number of aromatic carboxylic acids is 1. The average Bonchev–Trinajstić information content (AvgIpc) is 3.17. The number of anilines is 1. The molecular formula is C24H23NO10S2. The van der Waals surface area contributed by atoms with Gasteiger partial charge in [-0.3, -0.25) is 9.69 Å². The molecule has 0 aromatic heterocycles. The van der Waals surface area contributed by atoms with Crippen molar-refractivity contribution in [1.82, 2.24) is 0 Å². The Morgan fingerprint density at radius 2 is 1.81 bits per heavy atom. The Bertz CT molecular complexity index is 1230. The molecule has 13 heteroatoms. The predicted octanol–water partition coefficient (Wildman–Crippen LogP) is 0.978. The van der Waals surface area contributed by atoms with E-state index < -0.39 is 43.3 Å². The second kappa shape index (κ2) is 11.1. The van der Waals surface area contributed by atoms with Crippen LogP contribution in [0.2, 0.25) is 0 Å². The number of nitrogens with zero attached hydrogens (tertiary/aromatic N) is 1. The van der Waals surface area contributed by atoms with Crippen LogP contribution in [0.4, 0.5) is 5.69 Å². The van der Waals surface area contributed by atoms with E-state index >= 15 is 0 Å². The summed E-state index contributed by atoms with van der Waals surface area (Å²) in [5, 5.41) is 48.6. The standard InChI is InChI=1S/C24H23NO10S2/c1-33-15-8-11(2-7-14(15)34-23-20(29)19(28)18(27)16(10-26)35-23)9-17-21(30)25(24(36)37-17)13-5-3-12(4-6-13)22(31)32/h2-9,16,18-20,23,26-29H,10H2,1H3,(H,31,32)/t16-,18+,19+,20-,23-/m1/s1. The zero-order chi connectivity index (χ0) is 26.9. The van der Waals surface area contributed by atoms with E-state index in [-0.39, 0.29) is 27.3 Å². The van der Waals surface area contributed by atoms with Crippen molar-refractivity contribution in [3.05, 3.63) is 58.5 Å². The van der Waals surface area contributed by atoms with Gasteiger partial charge in [0.2, 0.25) is 6.29 Å². The van der Waals surface area contributed by atoms with Crippen LogP contribution in [0.5, 0.6) is 11.5 Å². The van der Waals surface area contributed by atoms with Crippen molar-refractivity contribution in [3.8, 4) is 11.5 Å². The molecule has 0 spiro atoms. The molecule has 2 fully saturated rings. The van der Waals surface area contributed by atoms with Crippen LogP contribution in [-0.2, 0) is 9.53 Å².